The lowest BCUT2D eigenvalue weighted by Crippen LogP contribution is -2.53. The van der Waals surface area contributed by atoms with Crippen molar-refractivity contribution in [2.45, 2.75) is 31.8 Å². The van der Waals surface area contributed by atoms with Crippen LogP contribution in [0.1, 0.15) is 25.0 Å². The fourth-order valence-electron chi connectivity index (χ4n) is 3.14. The summed E-state index contributed by atoms with van der Waals surface area (Å²) in [4.78, 5) is 18.2. The third-order valence-corrected chi connectivity index (χ3v) is 4.13. The molecule has 1 aromatic rings. The molecule has 0 saturated carbocycles. The number of fused-ring (bicyclic) bond motifs is 1. The number of aromatic nitrogens is 1. The SMILES string of the molecule is Nc1ccnc(CN2CCC3NC(=O)CCC3C2)c1. The van der Waals surface area contributed by atoms with Crippen LogP contribution in [0.15, 0.2) is 18.3 Å². The molecule has 3 rings (SSSR count). The second-order valence-electron chi connectivity index (χ2n) is 5.58. The molecule has 2 aliphatic rings. The van der Waals surface area contributed by atoms with Crippen molar-refractivity contribution in [3.63, 3.8) is 0 Å². The number of nitrogen functional groups attached to an aromatic ring is 1. The summed E-state index contributed by atoms with van der Waals surface area (Å²) in [6, 6.07) is 4.13. The molecule has 2 atom stereocenters. The average Bonchev–Trinajstić information content (AvgIpc) is 2.39. The Kier molecular flexibility index (Phi) is 3.38. The van der Waals surface area contributed by atoms with Gasteiger partial charge in [0.1, 0.15) is 0 Å². The zero-order chi connectivity index (χ0) is 13.2. The highest BCUT2D eigenvalue weighted by atomic mass is 16.1. The zero-order valence-corrected chi connectivity index (χ0v) is 11.0. The van der Waals surface area contributed by atoms with Crippen molar-refractivity contribution in [1.29, 1.82) is 0 Å². The van der Waals surface area contributed by atoms with Gasteiger partial charge in [-0.25, -0.2) is 0 Å². The topological polar surface area (TPSA) is 71.2 Å². The van der Waals surface area contributed by atoms with Gasteiger partial charge in [-0.2, -0.15) is 0 Å². The van der Waals surface area contributed by atoms with Crippen molar-refractivity contribution < 1.29 is 4.79 Å². The molecule has 2 saturated heterocycles. The van der Waals surface area contributed by atoms with Crippen molar-refractivity contribution in [3.8, 4) is 0 Å². The summed E-state index contributed by atoms with van der Waals surface area (Å²) in [6.45, 7) is 2.90. The molecule has 3 heterocycles. The first kappa shape index (κ1) is 12.4. The fourth-order valence-corrected chi connectivity index (χ4v) is 3.14. The Bertz CT molecular complexity index is 476. The number of anilines is 1. The van der Waals surface area contributed by atoms with Gasteiger partial charge in [-0.1, -0.05) is 0 Å². The summed E-state index contributed by atoms with van der Waals surface area (Å²) in [5, 5.41) is 3.11. The van der Waals surface area contributed by atoms with Gasteiger partial charge in [0.05, 0.1) is 5.69 Å². The zero-order valence-electron chi connectivity index (χ0n) is 11.0. The number of hydrogen-bond acceptors (Lipinski definition) is 4. The summed E-state index contributed by atoms with van der Waals surface area (Å²) < 4.78 is 0. The number of nitrogens with zero attached hydrogens (tertiary/aromatic N) is 2. The molecule has 0 aromatic carbocycles. The van der Waals surface area contributed by atoms with E-state index in [1.807, 2.05) is 12.1 Å². The largest absolute Gasteiger partial charge is 0.399 e. The third kappa shape index (κ3) is 2.87. The lowest BCUT2D eigenvalue weighted by atomic mass is 9.85. The smallest absolute Gasteiger partial charge is 0.220 e. The monoisotopic (exact) mass is 260 g/mol. The predicted octanol–water partition coefficient (Wildman–Crippen LogP) is 0.764. The van der Waals surface area contributed by atoms with Crippen molar-refractivity contribution in [3.05, 3.63) is 24.0 Å². The number of hydrogen-bond donors (Lipinski definition) is 2. The number of nitrogens with two attached hydrogens (primary N) is 1. The van der Waals surface area contributed by atoms with Gasteiger partial charge in [-0.15, -0.1) is 0 Å². The normalized spacial score (nSPS) is 27.7. The number of rotatable bonds is 2. The molecule has 102 valence electrons. The predicted molar refractivity (Wildman–Crippen MR) is 73.2 cm³/mol. The minimum absolute atomic E-state index is 0.215. The Morgan fingerprint density at radius 1 is 1.47 bits per heavy atom. The molecular weight excluding hydrogens is 240 g/mol. The van der Waals surface area contributed by atoms with Crippen LogP contribution in [0.2, 0.25) is 0 Å². The van der Waals surface area contributed by atoms with E-state index < -0.39 is 0 Å². The summed E-state index contributed by atoms with van der Waals surface area (Å²) in [5.41, 5.74) is 7.57. The van der Waals surface area contributed by atoms with Gasteiger partial charge in [0.15, 0.2) is 0 Å². The van der Waals surface area contributed by atoms with Gasteiger partial charge in [0.25, 0.3) is 0 Å². The van der Waals surface area contributed by atoms with E-state index in [9.17, 15) is 4.79 Å². The first-order chi connectivity index (χ1) is 9.20. The molecule has 2 fully saturated rings. The summed E-state index contributed by atoms with van der Waals surface area (Å²) in [5.74, 6) is 0.805. The number of pyridine rings is 1. The lowest BCUT2D eigenvalue weighted by molar-refractivity contribution is -0.125. The fraction of sp³-hybridized carbons (Fsp3) is 0.571. The Morgan fingerprint density at radius 2 is 2.37 bits per heavy atom. The van der Waals surface area contributed by atoms with Crippen molar-refractivity contribution in [2.24, 2.45) is 5.92 Å². The molecule has 0 spiro atoms. The molecular formula is C14H20N4O. The highest BCUT2D eigenvalue weighted by molar-refractivity contribution is 5.77. The highest BCUT2D eigenvalue weighted by Crippen LogP contribution is 2.26. The van der Waals surface area contributed by atoms with Crippen LogP contribution >= 0.6 is 0 Å². The van der Waals surface area contributed by atoms with Gasteiger partial charge < -0.3 is 11.1 Å². The van der Waals surface area contributed by atoms with Gasteiger partial charge in [-0.05, 0) is 30.9 Å². The molecule has 5 nitrogen and oxygen atoms in total. The molecule has 2 aliphatic heterocycles. The van der Waals surface area contributed by atoms with E-state index in [0.29, 0.717) is 18.4 Å². The Morgan fingerprint density at radius 3 is 3.21 bits per heavy atom. The van der Waals surface area contributed by atoms with Gasteiger partial charge in [0.2, 0.25) is 5.91 Å². The summed E-state index contributed by atoms with van der Waals surface area (Å²) in [7, 11) is 0. The summed E-state index contributed by atoms with van der Waals surface area (Å²) in [6.07, 6.45) is 4.49. The van der Waals surface area contributed by atoms with E-state index in [1.54, 1.807) is 6.20 Å². The van der Waals surface area contributed by atoms with Crippen molar-refractivity contribution >= 4 is 11.6 Å². The highest BCUT2D eigenvalue weighted by Gasteiger charge is 2.33. The number of likely N-dealkylation sites (tertiary alicyclic amines) is 1. The minimum Gasteiger partial charge on any atom is -0.399 e. The van der Waals surface area contributed by atoms with E-state index in [4.69, 9.17) is 5.73 Å². The van der Waals surface area contributed by atoms with Crippen molar-refractivity contribution in [2.75, 3.05) is 18.8 Å². The maximum absolute atomic E-state index is 11.4. The minimum atomic E-state index is 0.215. The molecule has 0 aliphatic carbocycles. The number of piperidine rings is 2. The summed E-state index contributed by atoms with van der Waals surface area (Å²) >= 11 is 0. The third-order valence-electron chi connectivity index (χ3n) is 4.13. The molecule has 5 heteroatoms. The van der Waals surface area contributed by atoms with Crippen LogP contribution in [0.4, 0.5) is 5.69 Å². The van der Waals surface area contributed by atoms with Crippen LogP contribution in [0, 0.1) is 5.92 Å². The van der Waals surface area contributed by atoms with Crippen LogP contribution in [0.3, 0.4) is 0 Å². The van der Waals surface area contributed by atoms with E-state index in [-0.39, 0.29) is 5.91 Å². The Labute approximate surface area is 113 Å². The van der Waals surface area contributed by atoms with E-state index in [1.165, 1.54) is 0 Å². The second-order valence-corrected chi connectivity index (χ2v) is 5.58. The van der Waals surface area contributed by atoms with Crippen LogP contribution in [-0.2, 0) is 11.3 Å². The van der Waals surface area contributed by atoms with E-state index in [0.717, 1.165) is 43.9 Å². The standard InChI is InChI=1S/C14H20N4O/c15-11-3-5-16-12(7-11)9-18-6-4-13-10(8-18)1-2-14(19)17-13/h3,5,7,10,13H,1-2,4,6,8-9H2,(H2,15,16)(H,17,19). The number of amides is 1. The quantitative estimate of drug-likeness (QED) is 0.823. The Balaban J connectivity index is 1.61. The molecule has 0 radical (unpaired) electrons. The van der Waals surface area contributed by atoms with E-state index >= 15 is 0 Å². The van der Waals surface area contributed by atoms with Gasteiger partial charge in [0, 0.05) is 44.0 Å². The van der Waals surface area contributed by atoms with Crippen LogP contribution < -0.4 is 11.1 Å². The molecule has 0 bridgehead atoms. The molecule has 2 unspecified atom stereocenters. The van der Waals surface area contributed by atoms with E-state index in [2.05, 4.69) is 15.2 Å². The van der Waals surface area contributed by atoms with Crippen LogP contribution in [0.25, 0.3) is 0 Å². The second kappa shape index (κ2) is 5.17. The molecule has 1 aromatic heterocycles. The number of carbonyl (C=O) groups is 1. The first-order valence-corrected chi connectivity index (χ1v) is 6.93. The first-order valence-electron chi connectivity index (χ1n) is 6.93. The van der Waals surface area contributed by atoms with Crippen LogP contribution in [-0.4, -0.2) is 34.9 Å². The Hall–Kier alpha value is -1.62. The average molecular weight is 260 g/mol. The molecule has 1 amide bonds. The van der Waals surface area contributed by atoms with Gasteiger partial charge in [-0.3, -0.25) is 14.7 Å². The maximum atomic E-state index is 11.4. The maximum Gasteiger partial charge on any atom is 0.220 e. The number of carbonyl (C=O) groups excluding carboxylic acids is 1. The lowest BCUT2D eigenvalue weighted by Gasteiger charge is -2.41. The van der Waals surface area contributed by atoms with Crippen LogP contribution in [0.5, 0.6) is 0 Å². The molecule has 19 heavy (non-hydrogen) atoms. The van der Waals surface area contributed by atoms with Gasteiger partial charge >= 0.3 is 0 Å². The molecule has 3 N–H and O–H groups in total. The number of nitrogens with one attached hydrogen (secondary N) is 1. The van der Waals surface area contributed by atoms with Crippen molar-refractivity contribution in [1.82, 2.24) is 15.2 Å².